The van der Waals surface area contributed by atoms with Crippen LogP contribution < -0.4 is 10.9 Å². The quantitative estimate of drug-likeness (QED) is 0.455. The molecule has 34 heavy (non-hydrogen) atoms. The predicted molar refractivity (Wildman–Crippen MR) is 134 cm³/mol. The summed E-state index contributed by atoms with van der Waals surface area (Å²) in [6.45, 7) is 4.36. The summed E-state index contributed by atoms with van der Waals surface area (Å²) in [5, 5.41) is 9.52. The lowest BCUT2D eigenvalue weighted by molar-refractivity contribution is -0.122. The SMILES string of the molecule is Cc1c2cnn(CC(=O)NC3CCCc4ccccc43)c(=O)c2c(C)n1Cc1ccccc1Cl. The zero-order valence-electron chi connectivity index (χ0n) is 19.3. The van der Waals surface area contributed by atoms with Gasteiger partial charge in [0.15, 0.2) is 0 Å². The molecule has 0 radical (unpaired) electrons. The van der Waals surface area contributed by atoms with Gasteiger partial charge in [0.2, 0.25) is 5.91 Å². The summed E-state index contributed by atoms with van der Waals surface area (Å²) < 4.78 is 3.34. The molecule has 0 spiro atoms. The summed E-state index contributed by atoms with van der Waals surface area (Å²) in [6.07, 6.45) is 4.65. The number of aryl methyl sites for hydroxylation is 3. The molecule has 0 aliphatic heterocycles. The van der Waals surface area contributed by atoms with Crippen LogP contribution in [-0.2, 0) is 24.3 Å². The fourth-order valence-corrected chi connectivity index (χ4v) is 5.27. The van der Waals surface area contributed by atoms with E-state index in [9.17, 15) is 9.59 Å². The van der Waals surface area contributed by atoms with Gasteiger partial charge in [-0.2, -0.15) is 5.10 Å². The Morgan fingerprint density at radius 3 is 2.71 bits per heavy atom. The van der Waals surface area contributed by atoms with Crippen LogP contribution in [0.4, 0.5) is 0 Å². The molecule has 7 heteroatoms. The van der Waals surface area contributed by atoms with E-state index in [0.717, 1.165) is 41.6 Å². The summed E-state index contributed by atoms with van der Waals surface area (Å²) in [4.78, 5) is 26.2. The van der Waals surface area contributed by atoms with Gasteiger partial charge in [0.25, 0.3) is 5.56 Å². The van der Waals surface area contributed by atoms with Crippen molar-refractivity contribution in [3.05, 3.63) is 98.2 Å². The third-order valence-electron chi connectivity index (χ3n) is 6.89. The maximum absolute atomic E-state index is 13.3. The second kappa shape index (κ2) is 9.11. The largest absolute Gasteiger partial charge is 0.348 e. The Bertz CT molecular complexity index is 1450. The third kappa shape index (κ3) is 4.03. The molecule has 1 aliphatic rings. The number of fused-ring (bicyclic) bond motifs is 2. The van der Waals surface area contributed by atoms with Crippen molar-refractivity contribution in [1.29, 1.82) is 0 Å². The molecule has 5 rings (SSSR count). The number of hydrogen-bond acceptors (Lipinski definition) is 3. The molecule has 0 saturated carbocycles. The number of carbonyl (C=O) groups excluding carboxylic acids is 1. The van der Waals surface area contributed by atoms with E-state index in [2.05, 4.69) is 27.1 Å². The highest BCUT2D eigenvalue weighted by Crippen LogP contribution is 2.29. The highest BCUT2D eigenvalue weighted by molar-refractivity contribution is 6.31. The lowest BCUT2D eigenvalue weighted by Crippen LogP contribution is -2.36. The van der Waals surface area contributed by atoms with Crippen LogP contribution >= 0.6 is 11.6 Å². The van der Waals surface area contributed by atoms with Crippen molar-refractivity contribution in [2.45, 2.75) is 52.2 Å². The molecular formula is C27H27ClN4O2. The summed E-state index contributed by atoms with van der Waals surface area (Å²) in [5.74, 6) is -0.208. The highest BCUT2D eigenvalue weighted by Gasteiger charge is 2.23. The van der Waals surface area contributed by atoms with Gasteiger partial charge in [0, 0.05) is 28.3 Å². The van der Waals surface area contributed by atoms with Gasteiger partial charge in [-0.1, -0.05) is 54.1 Å². The van der Waals surface area contributed by atoms with Gasteiger partial charge in [-0.3, -0.25) is 9.59 Å². The van der Waals surface area contributed by atoms with Crippen LogP contribution in [-0.4, -0.2) is 20.3 Å². The number of halogens is 1. The summed E-state index contributed by atoms with van der Waals surface area (Å²) in [6, 6.07) is 15.9. The molecule has 4 aromatic rings. The monoisotopic (exact) mass is 474 g/mol. The van der Waals surface area contributed by atoms with Crippen molar-refractivity contribution in [2.75, 3.05) is 0 Å². The molecule has 1 unspecified atom stereocenters. The number of amides is 1. The molecule has 0 bridgehead atoms. The van der Waals surface area contributed by atoms with Crippen LogP contribution in [0, 0.1) is 13.8 Å². The number of carbonyl (C=O) groups is 1. The molecule has 0 saturated heterocycles. The van der Waals surface area contributed by atoms with Crippen LogP contribution in [0.3, 0.4) is 0 Å². The van der Waals surface area contributed by atoms with E-state index in [0.29, 0.717) is 17.0 Å². The fraction of sp³-hybridized carbons (Fsp3) is 0.296. The van der Waals surface area contributed by atoms with Gasteiger partial charge in [0.05, 0.1) is 17.6 Å². The predicted octanol–water partition coefficient (Wildman–Crippen LogP) is 4.71. The molecule has 2 aromatic heterocycles. The van der Waals surface area contributed by atoms with Crippen LogP contribution in [0.1, 0.15) is 47.0 Å². The van der Waals surface area contributed by atoms with Crippen molar-refractivity contribution in [2.24, 2.45) is 0 Å². The maximum atomic E-state index is 13.3. The maximum Gasteiger partial charge on any atom is 0.276 e. The second-order valence-electron chi connectivity index (χ2n) is 8.96. The number of nitrogens with zero attached hydrogens (tertiary/aromatic N) is 3. The van der Waals surface area contributed by atoms with Gasteiger partial charge in [-0.05, 0) is 55.9 Å². The molecule has 1 N–H and O–H groups in total. The lowest BCUT2D eigenvalue weighted by Gasteiger charge is -2.26. The Balaban J connectivity index is 1.41. The lowest BCUT2D eigenvalue weighted by atomic mass is 9.88. The number of benzene rings is 2. The van der Waals surface area contributed by atoms with Crippen molar-refractivity contribution in [1.82, 2.24) is 19.7 Å². The average Bonchev–Trinajstić information content (AvgIpc) is 3.07. The van der Waals surface area contributed by atoms with E-state index in [1.807, 2.05) is 50.2 Å². The molecule has 1 aliphatic carbocycles. The average molecular weight is 475 g/mol. The van der Waals surface area contributed by atoms with Crippen molar-refractivity contribution in [3.63, 3.8) is 0 Å². The number of nitrogens with one attached hydrogen (secondary N) is 1. The van der Waals surface area contributed by atoms with Gasteiger partial charge < -0.3 is 9.88 Å². The fourth-order valence-electron chi connectivity index (χ4n) is 5.07. The molecule has 2 aromatic carbocycles. The number of rotatable bonds is 5. The number of hydrogen-bond donors (Lipinski definition) is 1. The third-order valence-corrected chi connectivity index (χ3v) is 7.26. The molecule has 2 heterocycles. The van der Waals surface area contributed by atoms with E-state index in [1.54, 1.807) is 6.20 Å². The second-order valence-corrected chi connectivity index (χ2v) is 9.36. The molecule has 6 nitrogen and oxygen atoms in total. The van der Waals surface area contributed by atoms with Crippen LogP contribution in [0.5, 0.6) is 0 Å². The number of aromatic nitrogens is 3. The first-order valence-electron chi connectivity index (χ1n) is 11.6. The summed E-state index contributed by atoms with van der Waals surface area (Å²) in [7, 11) is 0. The topological polar surface area (TPSA) is 68.9 Å². The van der Waals surface area contributed by atoms with Crippen LogP contribution in [0.25, 0.3) is 10.8 Å². The highest BCUT2D eigenvalue weighted by atomic mass is 35.5. The Morgan fingerprint density at radius 2 is 1.88 bits per heavy atom. The Morgan fingerprint density at radius 1 is 1.12 bits per heavy atom. The minimum Gasteiger partial charge on any atom is -0.348 e. The van der Waals surface area contributed by atoms with E-state index in [4.69, 9.17) is 11.6 Å². The van der Waals surface area contributed by atoms with Crippen molar-refractivity contribution >= 4 is 28.3 Å². The Kier molecular flexibility index (Phi) is 6.00. The molecular weight excluding hydrogens is 448 g/mol. The molecule has 174 valence electrons. The summed E-state index contributed by atoms with van der Waals surface area (Å²) >= 11 is 6.37. The van der Waals surface area contributed by atoms with Crippen LogP contribution in [0.2, 0.25) is 5.02 Å². The molecule has 0 fully saturated rings. The minimum atomic E-state index is -0.254. The molecule has 1 atom stereocenters. The van der Waals surface area contributed by atoms with E-state index in [-0.39, 0.29) is 24.1 Å². The normalized spacial score (nSPS) is 15.3. The summed E-state index contributed by atoms with van der Waals surface area (Å²) in [5.41, 5.74) is 4.97. The standard InChI is InChI=1S/C27H27ClN4O2/c1-17-22-14-29-32(16-25(33)30-24-13-7-10-19-8-3-5-11-21(19)24)27(34)26(22)18(2)31(17)15-20-9-4-6-12-23(20)28/h3-6,8-9,11-12,14,24H,7,10,13,15-16H2,1-2H3,(H,30,33). The first kappa shape index (κ1) is 22.4. The van der Waals surface area contributed by atoms with Crippen LogP contribution in [0.15, 0.2) is 59.5 Å². The van der Waals surface area contributed by atoms with Gasteiger partial charge in [0.1, 0.15) is 6.54 Å². The Hall–Kier alpha value is -3.38. The van der Waals surface area contributed by atoms with Gasteiger partial charge in [-0.15, -0.1) is 0 Å². The molecule has 1 amide bonds. The van der Waals surface area contributed by atoms with Crippen molar-refractivity contribution < 1.29 is 4.79 Å². The first-order valence-corrected chi connectivity index (χ1v) is 12.0. The first-order chi connectivity index (χ1) is 16.4. The van der Waals surface area contributed by atoms with E-state index < -0.39 is 0 Å². The van der Waals surface area contributed by atoms with Gasteiger partial charge in [-0.25, -0.2) is 4.68 Å². The van der Waals surface area contributed by atoms with Crippen molar-refractivity contribution in [3.8, 4) is 0 Å². The smallest absolute Gasteiger partial charge is 0.276 e. The van der Waals surface area contributed by atoms with E-state index in [1.165, 1.54) is 15.8 Å². The Labute approximate surface area is 203 Å². The zero-order chi connectivity index (χ0) is 23.8. The minimum absolute atomic E-state index is 0.0300. The van der Waals surface area contributed by atoms with E-state index >= 15 is 0 Å². The zero-order valence-corrected chi connectivity index (χ0v) is 20.1. The van der Waals surface area contributed by atoms with Gasteiger partial charge >= 0.3 is 0 Å².